The Morgan fingerprint density at radius 3 is 2.50 bits per heavy atom. The van der Waals surface area contributed by atoms with Crippen molar-refractivity contribution >= 4 is 17.8 Å². The second-order valence-electron chi connectivity index (χ2n) is 7.84. The van der Waals surface area contributed by atoms with E-state index in [1.165, 1.54) is 0 Å². The zero-order valence-electron chi connectivity index (χ0n) is 18.3. The fraction of sp³-hybridized carbons (Fsp3) is 0.632. The van der Waals surface area contributed by atoms with Crippen LogP contribution in [0.5, 0.6) is 0 Å². The normalized spacial score (nSPS) is 23.8. The van der Waals surface area contributed by atoms with Crippen molar-refractivity contribution in [3.05, 3.63) is 33.1 Å². The third-order valence-electron chi connectivity index (χ3n) is 5.25. The van der Waals surface area contributed by atoms with E-state index < -0.39 is 65.8 Å². The summed E-state index contributed by atoms with van der Waals surface area (Å²) in [5.74, 6) is -2.60. The largest absolute Gasteiger partial charge is 0.480 e. The zero-order valence-corrected chi connectivity index (χ0v) is 18.3. The molecule has 34 heavy (non-hydrogen) atoms. The van der Waals surface area contributed by atoms with Gasteiger partial charge in [0.25, 0.3) is 5.56 Å². The second kappa shape index (κ2) is 12.4. The lowest BCUT2D eigenvalue weighted by molar-refractivity contribution is -0.142. The summed E-state index contributed by atoms with van der Waals surface area (Å²) in [6, 6.07) is -1.28. The van der Waals surface area contributed by atoms with Crippen molar-refractivity contribution in [3.8, 4) is 0 Å². The number of nitrogens with two attached hydrogens (primary N) is 2. The summed E-state index contributed by atoms with van der Waals surface area (Å²) >= 11 is 0. The van der Waals surface area contributed by atoms with Gasteiger partial charge in [-0.25, -0.2) is 9.59 Å². The van der Waals surface area contributed by atoms with Crippen molar-refractivity contribution in [2.24, 2.45) is 11.5 Å². The zero-order chi connectivity index (χ0) is 25.4. The van der Waals surface area contributed by atoms with Crippen LogP contribution < -0.4 is 33.3 Å². The summed E-state index contributed by atoms with van der Waals surface area (Å²) in [5, 5.41) is 34.2. The van der Waals surface area contributed by atoms with Gasteiger partial charge in [-0.3, -0.25) is 23.9 Å². The number of aromatic amines is 1. The molecule has 1 saturated heterocycles. The van der Waals surface area contributed by atoms with Gasteiger partial charge in [-0.1, -0.05) is 0 Å². The Kier molecular flexibility index (Phi) is 9.88. The molecule has 190 valence electrons. The minimum absolute atomic E-state index is 0.138. The molecule has 0 bridgehead atoms. The number of aliphatic hydroxyl groups is 2. The van der Waals surface area contributed by atoms with E-state index in [1.807, 2.05) is 4.98 Å². The summed E-state index contributed by atoms with van der Waals surface area (Å²) < 4.78 is 6.21. The number of aromatic nitrogens is 2. The number of hydrogen-bond donors (Lipinski definition) is 8. The number of aliphatic hydroxyl groups excluding tert-OH is 2. The Hall–Kier alpha value is -3.11. The Labute approximate surface area is 193 Å². The molecule has 1 aromatic rings. The van der Waals surface area contributed by atoms with E-state index in [4.69, 9.17) is 16.2 Å². The highest BCUT2D eigenvalue weighted by atomic mass is 16.6. The summed E-state index contributed by atoms with van der Waals surface area (Å²) in [6.07, 6.45) is -3.99. The highest BCUT2D eigenvalue weighted by Gasteiger charge is 2.45. The summed E-state index contributed by atoms with van der Waals surface area (Å²) in [5.41, 5.74) is 9.60. The number of carboxylic acid groups (broad SMARTS) is 1. The molecule has 2 rings (SSSR count). The van der Waals surface area contributed by atoms with Crippen LogP contribution in [0.15, 0.2) is 21.9 Å². The molecule has 10 N–H and O–H groups in total. The van der Waals surface area contributed by atoms with Gasteiger partial charge in [0.05, 0.1) is 6.04 Å². The molecule has 0 aromatic carbocycles. The smallest absolute Gasteiger partial charge is 0.330 e. The first-order valence-corrected chi connectivity index (χ1v) is 10.7. The number of nitrogens with one attached hydrogen (secondary N) is 3. The van der Waals surface area contributed by atoms with Gasteiger partial charge in [-0.05, 0) is 32.2 Å². The van der Waals surface area contributed by atoms with Crippen molar-refractivity contribution in [1.82, 2.24) is 20.2 Å². The highest BCUT2D eigenvalue weighted by molar-refractivity contribution is 5.85. The van der Waals surface area contributed by atoms with E-state index in [2.05, 4.69) is 10.6 Å². The Balaban J connectivity index is 1.87. The first-order chi connectivity index (χ1) is 16.0. The van der Waals surface area contributed by atoms with Crippen LogP contribution in [0.25, 0.3) is 0 Å². The van der Waals surface area contributed by atoms with Crippen LogP contribution in [0.4, 0.5) is 0 Å². The Morgan fingerprint density at radius 1 is 1.18 bits per heavy atom. The van der Waals surface area contributed by atoms with Gasteiger partial charge in [0, 0.05) is 18.7 Å². The molecule has 0 radical (unpaired) electrons. The number of unbranched alkanes of at least 4 members (excludes halogenated alkanes) is 1. The Morgan fingerprint density at radius 2 is 1.88 bits per heavy atom. The minimum atomic E-state index is -1.62. The van der Waals surface area contributed by atoms with Crippen LogP contribution in [-0.2, 0) is 19.1 Å². The van der Waals surface area contributed by atoms with Crippen molar-refractivity contribution in [2.45, 2.75) is 68.9 Å². The van der Waals surface area contributed by atoms with Crippen molar-refractivity contribution < 1.29 is 34.4 Å². The molecule has 1 aliphatic rings. The average molecular weight is 486 g/mol. The predicted octanol–water partition coefficient (Wildman–Crippen LogP) is -3.96. The topological polar surface area (TPSA) is 252 Å². The van der Waals surface area contributed by atoms with Crippen LogP contribution in [-0.4, -0.2) is 79.7 Å². The maximum Gasteiger partial charge on any atom is 0.330 e. The Bertz CT molecular complexity index is 979. The molecule has 3 unspecified atom stereocenters. The van der Waals surface area contributed by atoms with E-state index in [9.17, 15) is 39.3 Å². The summed E-state index contributed by atoms with van der Waals surface area (Å²) in [7, 11) is 0. The number of nitrogens with zero attached hydrogens (tertiary/aromatic N) is 1. The van der Waals surface area contributed by atoms with E-state index in [1.54, 1.807) is 0 Å². The van der Waals surface area contributed by atoms with E-state index in [0.29, 0.717) is 19.4 Å². The van der Waals surface area contributed by atoms with E-state index in [-0.39, 0.29) is 19.3 Å². The molecule has 2 heterocycles. The molecule has 1 aromatic heterocycles. The number of aliphatic carboxylic acids is 1. The maximum atomic E-state index is 12.4. The van der Waals surface area contributed by atoms with Gasteiger partial charge in [-0.15, -0.1) is 0 Å². The quantitative estimate of drug-likeness (QED) is 0.132. The van der Waals surface area contributed by atoms with Gasteiger partial charge in [0.15, 0.2) is 12.5 Å². The molecule has 2 amide bonds. The lowest BCUT2D eigenvalue weighted by Crippen LogP contribution is -2.50. The SMILES string of the molecule is NCCCCC(NC(=O)CCC(N)C(=O)N[C@H]1O[C@@H](n2ccc(=O)[nH]c2=O)C(O)[C@H]1O)C(=O)O. The minimum Gasteiger partial charge on any atom is -0.480 e. The molecule has 0 spiro atoms. The third-order valence-corrected chi connectivity index (χ3v) is 5.25. The van der Waals surface area contributed by atoms with Crippen molar-refractivity contribution in [1.29, 1.82) is 0 Å². The first-order valence-electron chi connectivity index (χ1n) is 10.7. The van der Waals surface area contributed by atoms with Gasteiger partial charge >= 0.3 is 11.7 Å². The van der Waals surface area contributed by atoms with Crippen molar-refractivity contribution in [3.63, 3.8) is 0 Å². The van der Waals surface area contributed by atoms with Crippen LogP contribution in [0.3, 0.4) is 0 Å². The number of carbonyl (C=O) groups is 3. The summed E-state index contributed by atoms with van der Waals surface area (Å²) in [6.45, 7) is 0.406. The molecule has 0 aliphatic carbocycles. The van der Waals surface area contributed by atoms with Gasteiger partial charge in [-0.2, -0.15) is 0 Å². The number of carboxylic acids is 1. The molecular weight excluding hydrogens is 456 g/mol. The molecular formula is C19H30N6O9. The average Bonchev–Trinajstić information content (AvgIpc) is 3.05. The first kappa shape index (κ1) is 27.1. The van der Waals surface area contributed by atoms with Crippen LogP contribution in [0, 0.1) is 0 Å². The number of rotatable bonds is 12. The van der Waals surface area contributed by atoms with Crippen molar-refractivity contribution in [2.75, 3.05) is 6.54 Å². The highest BCUT2D eigenvalue weighted by Crippen LogP contribution is 2.26. The maximum absolute atomic E-state index is 12.4. The number of carbonyl (C=O) groups excluding carboxylic acids is 2. The molecule has 1 aliphatic heterocycles. The molecule has 1 fully saturated rings. The number of H-pyrrole nitrogens is 1. The van der Waals surface area contributed by atoms with Gasteiger partial charge < -0.3 is 42.2 Å². The number of ether oxygens (including phenoxy) is 1. The fourth-order valence-corrected chi connectivity index (χ4v) is 3.32. The fourth-order valence-electron chi connectivity index (χ4n) is 3.32. The molecule has 0 saturated carbocycles. The standard InChI is InChI=1S/C19H30N6O9/c20-7-2-1-3-10(18(31)32)22-11(26)5-4-9(21)15(30)24-16-13(28)14(29)17(34-16)25-8-6-12(27)23-19(25)33/h6,8-10,13-14,16-17,28-29H,1-5,7,20-21H2,(H,22,26)(H,24,30)(H,31,32)(H,23,27,33)/t9?,10?,13-,14?,16+,17-/m1/s1. The van der Waals surface area contributed by atoms with E-state index in [0.717, 1.165) is 16.8 Å². The number of amides is 2. The monoisotopic (exact) mass is 486 g/mol. The number of hydrogen-bond acceptors (Lipinski definition) is 10. The van der Waals surface area contributed by atoms with Crippen LogP contribution in [0.1, 0.15) is 38.3 Å². The summed E-state index contributed by atoms with van der Waals surface area (Å²) in [4.78, 5) is 60.8. The molecule has 6 atom stereocenters. The predicted molar refractivity (Wildman–Crippen MR) is 115 cm³/mol. The van der Waals surface area contributed by atoms with Crippen LogP contribution >= 0.6 is 0 Å². The second-order valence-corrected chi connectivity index (χ2v) is 7.84. The lowest BCUT2D eigenvalue weighted by atomic mass is 10.1. The molecule has 15 nitrogen and oxygen atoms in total. The van der Waals surface area contributed by atoms with E-state index >= 15 is 0 Å². The van der Waals surface area contributed by atoms with Gasteiger partial charge in [0.2, 0.25) is 11.8 Å². The molecule has 15 heteroatoms. The van der Waals surface area contributed by atoms with Crippen LogP contribution in [0.2, 0.25) is 0 Å². The third kappa shape index (κ3) is 7.19. The lowest BCUT2D eigenvalue weighted by Gasteiger charge is -2.19. The van der Waals surface area contributed by atoms with Gasteiger partial charge in [0.1, 0.15) is 18.2 Å².